The van der Waals surface area contributed by atoms with Crippen molar-refractivity contribution < 1.29 is 9.90 Å². The molecule has 1 aromatic heterocycles. The minimum Gasteiger partial charge on any atom is -0.480 e. The molecule has 1 heterocycles. The van der Waals surface area contributed by atoms with E-state index in [2.05, 4.69) is 42.3 Å². The van der Waals surface area contributed by atoms with Crippen molar-refractivity contribution in [1.82, 2.24) is 0 Å². The predicted octanol–water partition coefficient (Wildman–Crippen LogP) is 2.24. The average molecular weight is 223 g/mol. The van der Waals surface area contributed by atoms with Crippen LogP contribution in [0.4, 0.5) is 0 Å². The van der Waals surface area contributed by atoms with Crippen molar-refractivity contribution in [3.05, 3.63) is 35.2 Å². The number of aryl methyl sites for hydroxylation is 1. The fraction of sp³-hybridized carbons (Fsp3) is 0.182. The van der Waals surface area contributed by atoms with Crippen LogP contribution in [-0.2, 0) is 4.79 Å². The van der Waals surface area contributed by atoms with Gasteiger partial charge in [0, 0.05) is 4.70 Å². The Hall–Kier alpha value is -1.39. The first-order chi connectivity index (χ1) is 7.15. The highest BCUT2D eigenvalue weighted by Crippen LogP contribution is 2.24. The number of thiophene rings is 1. The van der Waals surface area contributed by atoms with E-state index in [0.29, 0.717) is 0 Å². The molecule has 15 heavy (non-hydrogen) atoms. The molecule has 0 aliphatic carbocycles. The highest BCUT2D eigenvalue weighted by atomic mass is 32.1. The minimum atomic E-state index is -0.968. The molecule has 2 rings (SSSR count). The van der Waals surface area contributed by atoms with E-state index in [1.807, 2.05) is 11.3 Å². The third-order valence-corrected chi connectivity index (χ3v) is 2.93. The number of aliphatic carboxylic acids is 1. The Morgan fingerprint density at radius 1 is 1.47 bits per heavy atom. The molecule has 0 amide bonds. The van der Waals surface area contributed by atoms with Crippen molar-refractivity contribution in [3.63, 3.8) is 0 Å². The van der Waals surface area contributed by atoms with Crippen LogP contribution >= 0.6 is 11.3 Å². The lowest BCUT2D eigenvalue weighted by Gasteiger charge is -1.86. The third kappa shape index (κ3) is 3.34. The summed E-state index contributed by atoms with van der Waals surface area (Å²) in [5.74, 6) is -0.968. The molecule has 0 saturated heterocycles. The summed E-state index contributed by atoms with van der Waals surface area (Å²) in [5.41, 5.74) is 5.96. The van der Waals surface area contributed by atoms with Gasteiger partial charge in [-0.3, -0.25) is 4.79 Å². The van der Waals surface area contributed by atoms with E-state index in [1.165, 1.54) is 15.6 Å². The zero-order valence-electron chi connectivity index (χ0n) is 8.43. The number of hydrogen-bond donors (Lipinski definition) is 2. The SMILES string of the molecule is Cc1csc2ccccc12.NCC(=O)O. The van der Waals surface area contributed by atoms with Gasteiger partial charge in [0.1, 0.15) is 0 Å². The van der Waals surface area contributed by atoms with Gasteiger partial charge in [-0.25, -0.2) is 0 Å². The first-order valence-electron chi connectivity index (χ1n) is 4.50. The van der Waals surface area contributed by atoms with Crippen molar-refractivity contribution in [1.29, 1.82) is 0 Å². The quantitative estimate of drug-likeness (QED) is 0.779. The Balaban J connectivity index is 0.000000195. The van der Waals surface area contributed by atoms with Gasteiger partial charge >= 0.3 is 5.97 Å². The van der Waals surface area contributed by atoms with Gasteiger partial charge in [0.05, 0.1) is 6.54 Å². The molecule has 4 heteroatoms. The molecule has 0 radical (unpaired) electrons. The number of rotatable bonds is 1. The second kappa shape index (κ2) is 5.48. The largest absolute Gasteiger partial charge is 0.480 e. The van der Waals surface area contributed by atoms with Crippen LogP contribution in [0.3, 0.4) is 0 Å². The number of hydrogen-bond acceptors (Lipinski definition) is 3. The van der Waals surface area contributed by atoms with Gasteiger partial charge in [-0.1, -0.05) is 18.2 Å². The zero-order chi connectivity index (χ0) is 11.3. The summed E-state index contributed by atoms with van der Waals surface area (Å²) in [6, 6.07) is 8.49. The molecule has 0 unspecified atom stereocenters. The summed E-state index contributed by atoms with van der Waals surface area (Å²) >= 11 is 1.81. The first kappa shape index (κ1) is 11.7. The molecule has 0 fully saturated rings. The summed E-state index contributed by atoms with van der Waals surface area (Å²) < 4.78 is 1.39. The van der Waals surface area contributed by atoms with Crippen LogP contribution in [0.1, 0.15) is 5.56 Å². The standard InChI is InChI=1S/C9H8S.C2H5NO2/c1-7-6-10-9-5-3-2-4-8(7)9;3-1-2(4)5/h2-6H,1H3;1,3H2,(H,4,5). The monoisotopic (exact) mass is 223 g/mol. The average Bonchev–Trinajstić information content (AvgIpc) is 2.62. The Bertz CT molecular complexity index is 451. The normalized spacial score (nSPS) is 9.47. The molecule has 3 N–H and O–H groups in total. The topological polar surface area (TPSA) is 63.3 Å². The molecule has 2 aromatic rings. The second-order valence-electron chi connectivity index (χ2n) is 3.01. The van der Waals surface area contributed by atoms with Crippen LogP contribution in [0.5, 0.6) is 0 Å². The fourth-order valence-electron chi connectivity index (χ4n) is 1.11. The fourth-order valence-corrected chi connectivity index (χ4v) is 2.05. The van der Waals surface area contributed by atoms with E-state index >= 15 is 0 Å². The number of carboxylic acid groups (broad SMARTS) is 1. The van der Waals surface area contributed by atoms with Crippen molar-refractivity contribution in [3.8, 4) is 0 Å². The van der Waals surface area contributed by atoms with Crippen LogP contribution in [0, 0.1) is 6.92 Å². The predicted molar refractivity (Wildman–Crippen MR) is 63.3 cm³/mol. The Morgan fingerprint density at radius 3 is 2.60 bits per heavy atom. The van der Waals surface area contributed by atoms with E-state index in [-0.39, 0.29) is 6.54 Å². The number of carbonyl (C=O) groups is 1. The maximum atomic E-state index is 9.24. The number of benzene rings is 1. The maximum Gasteiger partial charge on any atom is 0.317 e. The van der Waals surface area contributed by atoms with Crippen LogP contribution in [0.25, 0.3) is 10.1 Å². The summed E-state index contributed by atoms with van der Waals surface area (Å²) in [6.45, 7) is 1.87. The lowest BCUT2D eigenvalue weighted by atomic mass is 10.2. The number of carboxylic acids is 1. The molecule has 3 nitrogen and oxygen atoms in total. The number of nitrogens with two attached hydrogens (primary N) is 1. The van der Waals surface area contributed by atoms with E-state index in [9.17, 15) is 4.79 Å². The summed E-state index contributed by atoms with van der Waals surface area (Å²) in [4.78, 5) is 9.24. The van der Waals surface area contributed by atoms with Crippen LogP contribution in [0.15, 0.2) is 29.6 Å². The molecule has 0 bridgehead atoms. The molecule has 80 valence electrons. The molecule has 0 aliphatic heterocycles. The molecule has 1 aromatic carbocycles. The Morgan fingerprint density at radius 2 is 2.07 bits per heavy atom. The highest BCUT2D eigenvalue weighted by Gasteiger charge is 1.95. The van der Waals surface area contributed by atoms with Gasteiger partial charge in [-0.2, -0.15) is 0 Å². The van der Waals surface area contributed by atoms with E-state index in [1.54, 1.807) is 0 Å². The van der Waals surface area contributed by atoms with Gasteiger partial charge in [-0.05, 0) is 29.3 Å². The summed E-state index contributed by atoms with van der Waals surface area (Å²) in [5, 5.41) is 11.2. The molecule has 0 aliphatic rings. The molecule has 0 spiro atoms. The van der Waals surface area contributed by atoms with Gasteiger partial charge in [0.25, 0.3) is 0 Å². The number of fused-ring (bicyclic) bond motifs is 1. The first-order valence-corrected chi connectivity index (χ1v) is 5.38. The summed E-state index contributed by atoms with van der Waals surface area (Å²) in [7, 11) is 0. The van der Waals surface area contributed by atoms with Gasteiger partial charge < -0.3 is 10.8 Å². The van der Waals surface area contributed by atoms with Crippen molar-refractivity contribution >= 4 is 27.4 Å². The molecular weight excluding hydrogens is 210 g/mol. The van der Waals surface area contributed by atoms with Crippen molar-refractivity contribution in [2.45, 2.75) is 6.92 Å². The second-order valence-corrected chi connectivity index (χ2v) is 3.92. The lowest BCUT2D eigenvalue weighted by molar-refractivity contribution is -0.135. The lowest BCUT2D eigenvalue weighted by Crippen LogP contribution is -2.10. The Labute approximate surface area is 92.1 Å². The smallest absolute Gasteiger partial charge is 0.317 e. The van der Waals surface area contributed by atoms with Crippen LogP contribution in [-0.4, -0.2) is 17.6 Å². The van der Waals surface area contributed by atoms with Crippen molar-refractivity contribution in [2.24, 2.45) is 5.73 Å². The zero-order valence-corrected chi connectivity index (χ0v) is 9.25. The molecular formula is C11H13NO2S. The van der Waals surface area contributed by atoms with E-state index < -0.39 is 5.97 Å². The van der Waals surface area contributed by atoms with Gasteiger partial charge in [0.15, 0.2) is 0 Å². The van der Waals surface area contributed by atoms with E-state index in [4.69, 9.17) is 5.11 Å². The minimum absolute atomic E-state index is 0.278. The van der Waals surface area contributed by atoms with E-state index in [0.717, 1.165) is 0 Å². The third-order valence-electron chi connectivity index (χ3n) is 1.85. The molecule has 0 saturated carbocycles. The Kier molecular flexibility index (Phi) is 4.27. The maximum absolute atomic E-state index is 9.24. The van der Waals surface area contributed by atoms with Crippen molar-refractivity contribution in [2.75, 3.05) is 6.54 Å². The molecule has 0 atom stereocenters. The van der Waals surface area contributed by atoms with Crippen LogP contribution in [0.2, 0.25) is 0 Å². The summed E-state index contributed by atoms with van der Waals surface area (Å²) in [6.07, 6.45) is 0. The highest BCUT2D eigenvalue weighted by molar-refractivity contribution is 7.17. The van der Waals surface area contributed by atoms with Crippen LogP contribution < -0.4 is 5.73 Å². The van der Waals surface area contributed by atoms with Gasteiger partial charge in [0.2, 0.25) is 0 Å². The van der Waals surface area contributed by atoms with Gasteiger partial charge in [-0.15, -0.1) is 11.3 Å².